The molecular formula is C16H20N6O. The summed E-state index contributed by atoms with van der Waals surface area (Å²) in [5, 5.41) is 0. The Morgan fingerprint density at radius 1 is 1.22 bits per heavy atom. The van der Waals surface area contributed by atoms with Gasteiger partial charge in [0, 0.05) is 44.1 Å². The van der Waals surface area contributed by atoms with Crippen LogP contribution in [-0.2, 0) is 6.42 Å². The van der Waals surface area contributed by atoms with Gasteiger partial charge in [0.1, 0.15) is 0 Å². The van der Waals surface area contributed by atoms with Gasteiger partial charge in [0.2, 0.25) is 11.9 Å². The van der Waals surface area contributed by atoms with Crippen molar-refractivity contribution in [1.82, 2.24) is 19.9 Å². The van der Waals surface area contributed by atoms with Crippen LogP contribution in [0.1, 0.15) is 11.3 Å². The van der Waals surface area contributed by atoms with Gasteiger partial charge in [-0.1, -0.05) is 6.08 Å². The SMILES string of the molecule is C=CCc1c(C)nc(N2CCN(c3ncccn3)CC2)[nH]c1=O. The fourth-order valence-corrected chi connectivity index (χ4v) is 2.70. The van der Waals surface area contributed by atoms with Crippen LogP contribution in [0.2, 0.25) is 0 Å². The predicted octanol–water partition coefficient (Wildman–Crippen LogP) is 0.923. The summed E-state index contributed by atoms with van der Waals surface area (Å²) in [4.78, 5) is 32.4. The maximum absolute atomic E-state index is 12.2. The van der Waals surface area contributed by atoms with Gasteiger partial charge >= 0.3 is 0 Å². The number of rotatable bonds is 4. The van der Waals surface area contributed by atoms with Crippen LogP contribution in [0.25, 0.3) is 0 Å². The lowest BCUT2D eigenvalue weighted by molar-refractivity contribution is 0.625. The molecular weight excluding hydrogens is 292 g/mol. The van der Waals surface area contributed by atoms with Gasteiger partial charge in [-0.25, -0.2) is 15.0 Å². The van der Waals surface area contributed by atoms with Gasteiger partial charge in [-0.3, -0.25) is 9.78 Å². The minimum absolute atomic E-state index is 0.0822. The maximum atomic E-state index is 12.2. The Balaban J connectivity index is 1.73. The average molecular weight is 312 g/mol. The second kappa shape index (κ2) is 6.60. The highest BCUT2D eigenvalue weighted by Crippen LogP contribution is 2.14. The molecule has 1 N–H and O–H groups in total. The van der Waals surface area contributed by atoms with Crippen molar-refractivity contribution in [3.05, 3.63) is 52.7 Å². The van der Waals surface area contributed by atoms with Gasteiger partial charge < -0.3 is 9.80 Å². The molecule has 0 bridgehead atoms. The van der Waals surface area contributed by atoms with Gasteiger partial charge in [0.15, 0.2) is 0 Å². The number of aromatic nitrogens is 4. The van der Waals surface area contributed by atoms with E-state index in [9.17, 15) is 4.79 Å². The summed E-state index contributed by atoms with van der Waals surface area (Å²) >= 11 is 0. The quantitative estimate of drug-likeness (QED) is 0.846. The third-order valence-corrected chi connectivity index (χ3v) is 3.97. The zero-order valence-corrected chi connectivity index (χ0v) is 13.2. The Bertz CT molecular complexity index is 734. The highest BCUT2D eigenvalue weighted by Gasteiger charge is 2.21. The zero-order chi connectivity index (χ0) is 16.2. The number of allylic oxidation sites excluding steroid dienone is 1. The summed E-state index contributed by atoms with van der Waals surface area (Å²) < 4.78 is 0. The number of nitrogens with one attached hydrogen (secondary N) is 1. The number of aryl methyl sites for hydroxylation is 1. The van der Waals surface area contributed by atoms with Crippen molar-refractivity contribution in [2.75, 3.05) is 36.0 Å². The van der Waals surface area contributed by atoms with Crippen molar-refractivity contribution in [1.29, 1.82) is 0 Å². The number of piperazine rings is 1. The lowest BCUT2D eigenvalue weighted by atomic mass is 10.2. The van der Waals surface area contributed by atoms with E-state index >= 15 is 0 Å². The Labute approximate surface area is 134 Å². The van der Waals surface area contributed by atoms with Crippen LogP contribution in [0.15, 0.2) is 35.9 Å². The summed E-state index contributed by atoms with van der Waals surface area (Å²) in [6, 6.07) is 1.81. The van der Waals surface area contributed by atoms with Crippen molar-refractivity contribution < 1.29 is 0 Å². The fourth-order valence-electron chi connectivity index (χ4n) is 2.70. The summed E-state index contributed by atoms with van der Waals surface area (Å²) in [6.07, 6.45) is 5.75. The van der Waals surface area contributed by atoms with E-state index in [-0.39, 0.29) is 5.56 Å². The smallest absolute Gasteiger partial charge is 0.256 e. The van der Waals surface area contributed by atoms with Crippen LogP contribution in [-0.4, -0.2) is 46.1 Å². The van der Waals surface area contributed by atoms with Crippen molar-refractivity contribution in [2.45, 2.75) is 13.3 Å². The zero-order valence-electron chi connectivity index (χ0n) is 13.2. The van der Waals surface area contributed by atoms with Crippen LogP contribution in [0.5, 0.6) is 0 Å². The third-order valence-electron chi connectivity index (χ3n) is 3.97. The molecule has 0 radical (unpaired) electrons. The molecule has 0 unspecified atom stereocenters. The summed E-state index contributed by atoms with van der Waals surface area (Å²) in [6.45, 7) is 8.66. The summed E-state index contributed by atoms with van der Waals surface area (Å²) in [5.74, 6) is 1.38. The molecule has 3 heterocycles. The van der Waals surface area contributed by atoms with Gasteiger partial charge in [0.25, 0.3) is 5.56 Å². The lowest BCUT2D eigenvalue weighted by Crippen LogP contribution is -2.48. The largest absolute Gasteiger partial charge is 0.339 e. The van der Waals surface area contributed by atoms with Gasteiger partial charge in [-0.15, -0.1) is 6.58 Å². The number of nitrogens with zero attached hydrogens (tertiary/aromatic N) is 5. The molecule has 0 spiro atoms. The Morgan fingerprint density at radius 2 is 1.87 bits per heavy atom. The molecule has 120 valence electrons. The lowest BCUT2D eigenvalue weighted by Gasteiger charge is -2.35. The van der Waals surface area contributed by atoms with Gasteiger partial charge in [0.05, 0.1) is 5.69 Å². The van der Waals surface area contributed by atoms with Crippen LogP contribution in [0.4, 0.5) is 11.9 Å². The molecule has 23 heavy (non-hydrogen) atoms. The Kier molecular flexibility index (Phi) is 4.36. The molecule has 1 fully saturated rings. The van der Waals surface area contributed by atoms with E-state index in [2.05, 4.69) is 36.3 Å². The second-order valence-corrected chi connectivity index (χ2v) is 5.47. The standard InChI is InChI=1S/C16H20N6O/c1-3-5-13-12(2)19-16(20-14(13)23)22-10-8-21(9-11-22)15-17-6-4-7-18-15/h3-4,6-7H,1,5,8-11H2,2H3,(H,19,20,23). The molecule has 0 atom stereocenters. The second-order valence-electron chi connectivity index (χ2n) is 5.47. The number of H-pyrrole nitrogens is 1. The van der Waals surface area contributed by atoms with E-state index in [1.807, 2.05) is 13.0 Å². The molecule has 0 amide bonds. The molecule has 2 aromatic heterocycles. The van der Waals surface area contributed by atoms with E-state index in [0.29, 0.717) is 17.9 Å². The fraction of sp³-hybridized carbons (Fsp3) is 0.375. The Hall–Kier alpha value is -2.70. The first-order valence-electron chi connectivity index (χ1n) is 7.66. The predicted molar refractivity (Wildman–Crippen MR) is 90.0 cm³/mol. The Morgan fingerprint density at radius 3 is 2.48 bits per heavy atom. The number of hydrogen-bond donors (Lipinski definition) is 1. The number of anilines is 2. The molecule has 3 rings (SSSR count). The molecule has 0 saturated carbocycles. The van der Waals surface area contributed by atoms with Crippen molar-refractivity contribution in [3.63, 3.8) is 0 Å². The van der Waals surface area contributed by atoms with E-state index < -0.39 is 0 Å². The van der Waals surface area contributed by atoms with Crippen LogP contribution in [0.3, 0.4) is 0 Å². The maximum Gasteiger partial charge on any atom is 0.256 e. The minimum Gasteiger partial charge on any atom is -0.339 e. The molecule has 0 aliphatic carbocycles. The van der Waals surface area contributed by atoms with Gasteiger partial charge in [-0.05, 0) is 19.4 Å². The highest BCUT2D eigenvalue weighted by molar-refractivity contribution is 5.38. The van der Waals surface area contributed by atoms with Crippen LogP contribution < -0.4 is 15.4 Å². The molecule has 7 nitrogen and oxygen atoms in total. The first kappa shape index (κ1) is 15.2. The first-order chi connectivity index (χ1) is 11.2. The number of hydrogen-bond acceptors (Lipinski definition) is 6. The third kappa shape index (κ3) is 3.23. The molecule has 7 heteroatoms. The summed E-state index contributed by atoms with van der Waals surface area (Å²) in [7, 11) is 0. The van der Waals surface area contributed by atoms with Crippen molar-refractivity contribution >= 4 is 11.9 Å². The van der Waals surface area contributed by atoms with E-state index in [4.69, 9.17) is 0 Å². The monoisotopic (exact) mass is 312 g/mol. The molecule has 1 aliphatic rings. The average Bonchev–Trinajstić information content (AvgIpc) is 2.59. The van der Waals surface area contributed by atoms with E-state index in [0.717, 1.165) is 37.8 Å². The first-order valence-corrected chi connectivity index (χ1v) is 7.66. The normalized spacial score (nSPS) is 14.8. The summed E-state index contributed by atoms with van der Waals surface area (Å²) in [5.41, 5.74) is 1.36. The minimum atomic E-state index is -0.0822. The van der Waals surface area contributed by atoms with Crippen molar-refractivity contribution in [2.24, 2.45) is 0 Å². The molecule has 1 saturated heterocycles. The van der Waals surface area contributed by atoms with E-state index in [1.165, 1.54) is 0 Å². The molecule has 1 aliphatic heterocycles. The molecule has 0 aromatic carbocycles. The van der Waals surface area contributed by atoms with E-state index in [1.54, 1.807) is 18.5 Å². The highest BCUT2D eigenvalue weighted by atomic mass is 16.1. The number of aromatic amines is 1. The topological polar surface area (TPSA) is 78.0 Å². The van der Waals surface area contributed by atoms with Crippen LogP contribution >= 0.6 is 0 Å². The van der Waals surface area contributed by atoms with Crippen LogP contribution in [0, 0.1) is 6.92 Å². The van der Waals surface area contributed by atoms with Gasteiger partial charge in [-0.2, -0.15) is 0 Å². The molecule has 2 aromatic rings. The van der Waals surface area contributed by atoms with Crippen molar-refractivity contribution in [3.8, 4) is 0 Å².